The highest BCUT2D eigenvalue weighted by molar-refractivity contribution is 8.00. The molecule has 4 aromatic rings. The number of amides is 1. The van der Waals surface area contributed by atoms with E-state index in [1.807, 2.05) is 34.9 Å². The predicted molar refractivity (Wildman–Crippen MR) is 140 cm³/mol. The summed E-state index contributed by atoms with van der Waals surface area (Å²) in [6.45, 7) is 10.7. The number of hydrogen-bond donors (Lipinski definition) is 1. The Morgan fingerprint density at radius 2 is 1.77 bits per heavy atom. The lowest BCUT2D eigenvalue weighted by Gasteiger charge is -2.21. The summed E-state index contributed by atoms with van der Waals surface area (Å²) in [6, 6.07) is 19.7. The lowest BCUT2D eigenvalue weighted by molar-refractivity contribution is -0.115. The summed E-state index contributed by atoms with van der Waals surface area (Å²) < 4.78 is 7.14. The molecular formula is C26H30N6O2S. The van der Waals surface area contributed by atoms with Gasteiger partial charge in [0.2, 0.25) is 5.91 Å². The number of carbonyl (C=O) groups is 1. The molecule has 2 aromatic carbocycles. The third kappa shape index (κ3) is 5.57. The van der Waals surface area contributed by atoms with E-state index in [0.29, 0.717) is 23.3 Å². The Kier molecular flexibility index (Phi) is 7.87. The van der Waals surface area contributed by atoms with E-state index < -0.39 is 5.25 Å². The fraction of sp³-hybridized carbons (Fsp3) is 0.308. The van der Waals surface area contributed by atoms with Crippen LogP contribution in [0.5, 0.6) is 0 Å². The van der Waals surface area contributed by atoms with Gasteiger partial charge in [-0.3, -0.25) is 4.79 Å². The first-order valence-corrected chi connectivity index (χ1v) is 12.7. The molecule has 1 unspecified atom stereocenters. The van der Waals surface area contributed by atoms with Crippen LogP contribution in [-0.2, 0) is 11.3 Å². The molecule has 9 heteroatoms. The van der Waals surface area contributed by atoms with Crippen molar-refractivity contribution in [3.05, 3.63) is 72.0 Å². The van der Waals surface area contributed by atoms with Crippen LogP contribution in [0.1, 0.15) is 37.3 Å². The average molecular weight is 491 g/mol. The van der Waals surface area contributed by atoms with Crippen LogP contribution in [0, 0.1) is 6.92 Å². The van der Waals surface area contributed by atoms with Crippen molar-refractivity contribution in [2.75, 3.05) is 23.3 Å². The first kappa shape index (κ1) is 24.5. The fourth-order valence-corrected chi connectivity index (χ4v) is 5.01. The largest absolute Gasteiger partial charge is 0.372 e. The molecule has 182 valence electrons. The van der Waals surface area contributed by atoms with Crippen molar-refractivity contribution in [3.63, 3.8) is 0 Å². The summed E-state index contributed by atoms with van der Waals surface area (Å²) >= 11 is 1.37. The van der Waals surface area contributed by atoms with Gasteiger partial charge in [0.25, 0.3) is 0 Å². The van der Waals surface area contributed by atoms with Gasteiger partial charge in [-0.15, -0.1) is 10.2 Å². The Hall–Kier alpha value is -3.59. The number of carbonyl (C=O) groups excluding carboxylic acids is 1. The molecule has 2 aromatic heterocycles. The van der Waals surface area contributed by atoms with Crippen LogP contribution in [0.2, 0.25) is 0 Å². The van der Waals surface area contributed by atoms with Gasteiger partial charge in [-0.2, -0.15) is 0 Å². The van der Waals surface area contributed by atoms with E-state index in [-0.39, 0.29) is 5.91 Å². The molecule has 1 N–H and O–H groups in total. The number of nitrogens with one attached hydrogen (secondary N) is 1. The fourth-order valence-electron chi connectivity index (χ4n) is 3.91. The third-order valence-electron chi connectivity index (χ3n) is 5.73. The molecule has 2 heterocycles. The number of nitrogens with zero attached hydrogens (tertiary/aromatic N) is 5. The standard InChI is InChI=1S/C26H30N6O2S/c1-5-31(6-2)21-15-13-20(14-16-21)24-28-29-26(32(24)7-3)35-23(19-11-9-8-10-12-19)25(33)27-22-17-18(4)34-30-22/h8-17,23H,5-7H2,1-4H3,(H,27,30,33). The Labute approximate surface area is 209 Å². The molecule has 0 spiro atoms. The second-order valence-electron chi connectivity index (χ2n) is 7.99. The average Bonchev–Trinajstić information content (AvgIpc) is 3.49. The lowest BCUT2D eigenvalue weighted by atomic mass is 10.1. The van der Waals surface area contributed by atoms with Crippen molar-refractivity contribution in [3.8, 4) is 11.4 Å². The van der Waals surface area contributed by atoms with Crippen molar-refractivity contribution < 1.29 is 9.32 Å². The number of hydrogen-bond acceptors (Lipinski definition) is 7. The molecule has 1 atom stereocenters. The summed E-state index contributed by atoms with van der Waals surface area (Å²) in [6.07, 6.45) is 0. The van der Waals surface area contributed by atoms with Crippen LogP contribution in [0.3, 0.4) is 0 Å². The normalized spacial score (nSPS) is 11.9. The van der Waals surface area contributed by atoms with E-state index in [1.54, 1.807) is 13.0 Å². The SMILES string of the molecule is CCN(CC)c1ccc(-c2nnc(SC(C(=O)Nc3cc(C)on3)c3ccccc3)n2CC)cc1. The third-order valence-corrected chi connectivity index (χ3v) is 6.96. The second-order valence-corrected chi connectivity index (χ2v) is 9.06. The van der Waals surface area contributed by atoms with E-state index >= 15 is 0 Å². The Bertz CT molecular complexity index is 1250. The quantitative estimate of drug-likeness (QED) is 0.290. The molecule has 4 rings (SSSR count). The van der Waals surface area contributed by atoms with E-state index in [0.717, 1.165) is 30.0 Å². The first-order valence-electron chi connectivity index (χ1n) is 11.8. The topological polar surface area (TPSA) is 89.1 Å². The highest BCUT2D eigenvalue weighted by atomic mass is 32.2. The predicted octanol–water partition coefficient (Wildman–Crippen LogP) is 5.58. The molecule has 8 nitrogen and oxygen atoms in total. The Morgan fingerprint density at radius 1 is 1.06 bits per heavy atom. The molecule has 1 amide bonds. The van der Waals surface area contributed by atoms with Crippen molar-refractivity contribution in [1.82, 2.24) is 19.9 Å². The smallest absolute Gasteiger partial charge is 0.243 e. The maximum Gasteiger partial charge on any atom is 0.243 e. The maximum atomic E-state index is 13.3. The minimum atomic E-state index is -0.541. The zero-order chi connectivity index (χ0) is 24.8. The molecule has 0 radical (unpaired) electrons. The number of aryl methyl sites for hydroxylation is 1. The lowest BCUT2D eigenvalue weighted by Crippen LogP contribution is -2.21. The number of benzene rings is 2. The van der Waals surface area contributed by atoms with Crippen LogP contribution < -0.4 is 10.2 Å². The summed E-state index contributed by atoms with van der Waals surface area (Å²) in [7, 11) is 0. The van der Waals surface area contributed by atoms with Gasteiger partial charge in [-0.05, 0) is 57.5 Å². The van der Waals surface area contributed by atoms with Gasteiger partial charge in [0.1, 0.15) is 11.0 Å². The minimum Gasteiger partial charge on any atom is -0.372 e. The van der Waals surface area contributed by atoms with Gasteiger partial charge in [-0.1, -0.05) is 47.3 Å². The van der Waals surface area contributed by atoms with Crippen LogP contribution in [0.4, 0.5) is 11.5 Å². The number of anilines is 2. The van der Waals surface area contributed by atoms with Gasteiger partial charge in [0, 0.05) is 37.0 Å². The van der Waals surface area contributed by atoms with E-state index in [2.05, 4.69) is 70.6 Å². The molecule has 35 heavy (non-hydrogen) atoms. The maximum absolute atomic E-state index is 13.3. The molecular weight excluding hydrogens is 460 g/mol. The van der Waals surface area contributed by atoms with Crippen molar-refractivity contribution in [2.24, 2.45) is 0 Å². The van der Waals surface area contributed by atoms with Crippen LogP contribution in [0.25, 0.3) is 11.4 Å². The van der Waals surface area contributed by atoms with Crippen molar-refractivity contribution >= 4 is 29.2 Å². The minimum absolute atomic E-state index is 0.203. The van der Waals surface area contributed by atoms with Crippen LogP contribution >= 0.6 is 11.8 Å². The summed E-state index contributed by atoms with van der Waals surface area (Å²) in [5, 5.41) is 15.8. The van der Waals surface area contributed by atoms with E-state index in [9.17, 15) is 4.79 Å². The number of aromatic nitrogens is 4. The molecule has 0 saturated carbocycles. The van der Waals surface area contributed by atoms with Crippen LogP contribution in [-0.4, -0.2) is 38.9 Å². The Morgan fingerprint density at radius 3 is 2.37 bits per heavy atom. The first-order chi connectivity index (χ1) is 17.0. The van der Waals surface area contributed by atoms with E-state index in [1.165, 1.54) is 17.4 Å². The molecule has 0 aliphatic carbocycles. The zero-order valence-corrected chi connectivity index (χ0v) is 21.2. The zero-order valence-electron chi connectivity index (χ0n) is 20.4. The van der Waals surface area contributed by atoms with Crippen molar-refractivity contribution in [1.29, 1.82) is 0 Å². The van der Waals surface area contributed by atoms with Gasteiger partial charge >= 0.3 is 0 Å². The monoisotopic (exact) mass is 490 g/mol. The second kappa shape index (κ2) is 11.2. The van der Waals surface area contributed by atoms with Crippen molar-refractivity contribution in [2.45, 2.75) is 44.6 Å². The van der Waals surface area contributed by atoms with Gasteiger partial charge in [-0.25, -0.2) is 0 Å². The Balaban J connectivity index is 1.62. The highest BCUT2D eigenvalue weighted by Gasteiger charge is 2.26. The molecule has 0 aliphatic heterocycles. The van der Waals surface area contributed by atoms with Gasteiger partial charge in [0.15, 0.2) is 16.8 Å². The van der Waals surface area contributed by atoms with Crippen LogP contribution in [0.15, 0.2) is 70.3 Å². The summed E-state index contributed by atoms with van der Waals surface area (Å²) in [5.41, 5.74) is 3.03. The molecule has 0 fully saturated rings. The van der Waals surface area contributed by atoms with Gasteiger partial charge < -0.3 is 19.3 Å². The number of rotatable bonds is 10. The number of thioether (sulfide) groups is 1. The van der Waals surface area contributed by atoms with Gasteiger partial charge in [0.05, 0.1) is 0 Å². The highest BCUT2D eigenvalue weighted by Crippen LogP contribution is 2.37. The molecule has 0 bridgehead atoms. The molecule has 0 saturated heterocycles. The molecule has 0 aliphatic rings. The summed E-state index contributed by atoms with van der Waals surface area (Å²) in [4.78, 5) is 15.6. The summed E-state index contributed by atoms with van der Waals surface area (Å²) in [5.74, 6) is 1.59. The van der Waals surface area contributed by atoms with E-state index in [4.69, 9.17) is 4.52 Å².